The van der Waals surface area contributed by atoms with Crippen LogP contribution in [0.2, 0.25) is 51.4 Å². The molecular weight excluding hydrogens is 578 g/mol. The predicted octanol–water partition coefficient (Wildman–Crippen LogP) is 7.06. The average molecular weight is 615 g/mol. The third kappa shape index (κ3) is 6.95. The van der Waals surface area contributed by atoms with E-state index in [1.54, 1.807) is 4.57 Å². The lowest BCUT2D eigenvalue weighted by molar-refractivity contribution is 0.0812. The van der Waals surface area contributed by atoms with E-state index in [9.17, 15) is 14.0 Å². The summed E-state index contributed by atoms with van der Waals surface area (Å²) in [5.41, 5.74) is 5.05. The lowest BCUT2D eigenvalue weighted by atomic mass is 10.0. The third-order valence-electron chi connectivity index (χ3n) is 6.85. The monoisotopic (exact) mass is 614 g/mol. The second-order valence-corrected chi connectivity index (χ2v) is 23.9. The molecule has 0 fully saturated rings. The lowest BCUT2D eigenvalue weighted by Gasteiger charge is -2.16. The zero-order valence-electron chi connectivity index (χ0n) is 24.9. The number of rotatable bonds is 12. The van der Waals surface area contributed by atoms with Gasteiger partial charge in [-0.1, -0.05) is 45.3 Å². The van der Waals surface area contributed by atoms with E-state index in [1.807, 2.05) is 0 Å². The van der Waals surface area contributed by atoms with Crippen molar-refractivity contribution in [2.45, 2.75) is 64.8 Å². The lowest BCUT2D eigenvalue weighted by Crippen LogP contribution is -2.22. The number of aromatic nitrogens is 4. The molecule has 0 saturated heterocycles. The van der Waals surface area contributed by atoms with Crippen LogP contribution in [0.4, 0.5) is 18.9 Å². The van der Waals surface area contributed by atoms with Gasteiger partial charge in [-0.15, -0.1) is 0 Å². The van der Waals surface area contributed by atoms with Crippen molar-refractivity contribution in [1.29, 1.82) is 5.26 Å². The Kier molecular flexibility index (Phi) is 9.31. The van der Waals surface area contributed by atoms with Crippen LogP contribution in [-0.4, -0.2) is 48.7 Å². The van der Waals surface area contributed by atoms with Gasteiger partial charge in [0.05, 0.1) is 17.4 Å². The molecule has 0 atom stereocenters. The second-order valence-electron chi connectivity index (χ2n) is 12.7. The molecule has 42 heavy (non-hydrogen) atoms. The second kappa shape index (κ2) is 12.4. The van der Waals surface area contributed by atoms with Crippen LogP contribution in [0.15, 0.2) is 30.5 Å². The summed E-state index contributed by atoms with van der Waals surface area (Å²) in [6.45, 7) is 14.3. The minimum Gasteiger partial charge on any atom is -0.396 e. The van der Waals surface area contributed by atoms with Crippen molar-refractivity contribution in [3.63, 3.8) is 0 Å². The number of nitriles is 1. The Morgan fingerprint density at radius 2 is 1.55 bits per heavy atom. The number of anilines is 1. The quantitative estimate of drug-likeness (QED) is 0.104. The maximum absolute atomic E-state index is 16.3. The summed E-state index contributed by atoms with van der Waals surface area (Å²) in [5.74, 6) is -2.56. The third-order valence-corrected chi connectivity index (χ3v) is 10.3. The van der Waals surface area contributed by atoms with E-state index in [0.717, 1.165) is 24.2 Å². The topological polar surface area (TPSA) is 104 Å². The average Bonchev–Trinajstić information content (AvgIpc) is 3.48. The zero-order chi connectivity index (χ0) is 30.8. The van der Waals surface area contributed by atoms with Crippen molar-refractivity contribution in [3.05, 3.63) is 53.6 Å². The van der Waals surface area contributed by atoms with Crippen LogP contribution < -0.4 is 5.73 Å². The maximum atomic E-state index is 16.3. The van der Waals surface area contributed by atoms with Crippen LogP contribution >= 0.6 is 0 Å². The molecule has 0 unspecified atom stereocenters. The molecule has 2 aromatic heterocycles. The van der Waals surface area contributed by atoms with E-state index in [1.165, 1.54) is 23.0 Å². The Labute approximate surface area is 245 Å². The summed E-state index contributed by atoms with van der Waals surface area (Å²) in [4.78, 5) is 4.43. The van der Waals surface area contributed by atoms with Gasteiger partial charge in [-0.2, -0.15) is 10.4 Å². The number of nitrogen functional groups attached to an aromatic ring is 1. The highest BCUT2D eigenvalue weighted by atomic mass is 28.3. The molecule has 2 aromatic carbocycles. The van der Waals surface area contributed by atoms with Gasteiger partial charge in [-0.05, 0) is 30.3 Å². The highest BCUT2D eigenvalue weighted by molar-refractivity contribution is 6.76. The normalized spacial score (nSPS) is 12.3. The largest absolute Gasteiger partial charge is 0.396 e. The molecule has 0 aliphatic rings. The zero-order valence-corrected chi connectivity index (χ0v) is 26.9. The van der Waals surface area contributed by atoms with Gasteiger partial charge in [0.15, 0.2) is 17.5 Å². The molecule has 0 amide bonds. The Bertz CT molecular complexity index is 1630. The number of hydrogen-bond donors (Lipinski definition) is 1. The molecule has 4 rings (SSSR count). The number of nitrogens with zero attached hydrogens (tertiary/aromatic N) is 5. The van der Waals surface area contributed by atoms with Gasteiger partial charge in [0.25, 0.3) is 0 Å². The van der Waals surface area contributed by atoms with E-state index in [2.05, 4.69) is 55.4 Å². The van der Waals surface area contributed by atoms with Crippen LogP contribution in [0.25, 0.3) is 33.5 Å². The summed E-state index contributed by atoms with van der Waals surface area (Å²) in [6, 6.07) is 8.87. The van der Waals surface area contributed by atoms with E-state index in [4.69, 9.17) is 15.2 Å². The first-order chi connectivity index (χ1) is 19.7. The number of hydrogen-bond acceptors (Lipinski definition) is 6. The number of ether oxygens (including phenoxy) is 2. The minimum atomic E-state index is -1.39. The van der Waals surface area contributed by atoms with Crippen molar-refractivity contribution < 1.29 is 22.6 Å². The van der Waals surface area contributed by atoms with E-state index >= 15 is 4.39 Å². The number of halogens is 3. The van der Waals surface area contributed by atoms with Crippen LogP contribution in [0.3, 0.4) is 0 Å². The molecule has 224 valence electrons. The molecule has 2 heterocycles. The predicted molar refractivity (Wildman–Crippen MR) is 164 cm³/mol. The first-order valence-electron chi connectivity index (χ1n) is 13.8. The van der Waals surface area contributed by atoms with Crippen molar-refractivity contribution in [2.75, 3.05) is 18.9 Å². The van der Waals surface area contributed by atoms with Crippen molar-refractivity contribution in [3.8, 4) is 28.7 Å². The van der Waals surface area contributed by atoms with Gasteiger partial charge < -0.3 is 15.2 Å². The highest BCUT2D eigenvalue weighted by Crippen LogP contribution is 2.37. The minimum absolute atomic E-state index is 0.00978. The number of nitrogens with two attached hydrogens (primary N) is 1. The summed E-state index contributed by atoms with van der Waals surface area (Å²) in [6.07, 6.45) is 1.41. The fourth-order valence-corrected chi connectivity index (χ4v) is 5.86. The Morgan fingerprint density at radius 3 is 2.17 bits per heavy atom. The van der Waals surface area contributed by atoms with Crippen LogP contribution in [-0.2, 0) is 22.9 Å². The molecule has 2 N–H and O–H groups in total. The standard InChI is InChI=1S/C29H37F3N6O2Si2/c1-41(2,3)13-11-39-17-37-19(15-33)16-35-29(37)27-21-8-7-20(24-22(30)9-10-23(34)26(24)32)25(31)28(21)38(36-27)18-40-12-14-42(4,5)6/h7-10,16H,11-14,17-18,34H2,1-6H3. The molecule has 0 aliphatic carbocycles. The number of imidazole rings is 1. The molecule has 0 radical (unpaired) electrons. The molecule has 13 heteroatoms. The number of benzene rings is 2. The van der Waals surface area contributed by atoms with Crippen LogP contribution in [0, 0.1) is 28.8 Å². The fourth-order valence-electron chi connectivity index (χ4n) is 4.35. The molecule has 8 nitrogen and oxygen atoms in total. The van der Waals surface area contributed by atoms with Crippen molar-refractivity contribution >= 4 is 32.7 Å². The first kappa shape index (κ1) is 31.5. The van der Waals surface area contributed by atoms with Gasteiger partial charge >= 0.3 is 0 Å². The highest BCUT2D eigenvalue weighted by Gasteiger charge is 2.26. The SMILES string of the molecule is C[Si](C)(C)CCOCn1c(C#N)cnc1-c1nn(COCC[Si](C)(C)C)c2c(F)c(-c3c(F)ccc(N)c3F)ccc12. The smallest absolute Gasteiger partial charge is 0.164 e. The van der Waals surface area contributed by atoms with E-state index in [0.29, 0.717) is 24.4 Å². The maximum Gasteiger partial charge on any atom is 0.164 e. The van der Waals surface area contributed by atoms with Gasteiger partial charge in [0.1, 0.15) is 42.3 Å². The Hall–Kier alpha value is -3.45. The fraction of sp³-hybridized carbons (Fsp3) is 0.414. The van der Waals surface area contributed by atoms with Gasteiger partial charge in [-0.25, -0.2) is 22.8 Å². The van der Waals surface area contributed by atoms with Gasteiger partial charge in [0.2, 0.25) is 0 Å². The molecule has 0 aliphatic heterocycles. The first-order valence-corrected chi connectivity index (χ1v) is 21.2. The summed E-state index contributed by atoms with van der Waals surface area (Å²) >= 11 is 0. The molecular formula is C29H37F3N6O2Si2. The van der Waals surface area contributed by atoms with E-state index < -0.39 is 39.2 Å². The summed E-state index contributed by atoms with van der Waals surface area (Å²) < 4.78 is 60.7. The number of fused-ring (bicyclic) bond motifs is 1. The molecule has 4 aromatic rings. The molecule has 0 bridgehead atoms. The van der Waals surface area contributed by atoms with Crippen LogP contribution in [0.1, 0.15) is 5.69 Å². The molecule has 0 spiro atoms. The molecule has 0 saturated carbocycles. The van der Waals surface area contributed by atoms with Crippen molar-refractivity contribution in [2.24, 2.45) is 0 Å². The summed E-state index contributed by atoms with van der Waals surface area (Å²) in [7, 11) is -2.73. The van der Waals surface area contributed by atoms with E-state index in [-0.39, 0.29) is 41.6 Å². The van der Waals surface area contributed by atoms with Gasteiger partial charge in [-0.3, -0.25) is 4.57 Å². The van der Waals surface area contributed by atoms with Crippen LogP contribution in [0.5, 0.6) is 0 Å². The van der Waals surface area contributed by atoms with Gasteiger partial charge in [0, 0.05) is 40.3 Å². The Balaban J connectivity index is 1.82. The summed E-state index contributed by atoms with van der Waals surface area (Å²) in [5, 5.41) is 14.7. The Morgan fingerprint density at radius 1 is 0.905 bits per heavy atom. The van der Waals surface area contributed by atoms with Crippen molar-refractivity contribution in [1.82, 2.24) is 19.3 Å².